The van der Waals surface area contributed by atoms with Gasteiger partial charge >= 0.3 is 0 Å². The summed E-state index contributed by atoms with van der Waals surface area (Å²) < 4.78 is 63.3. The number of hydrogen-bond donors (Lipinski definition) is 0. The number of ether oxygens (including phenoxy) is 4. The van der Waals surface area contributed by atoms with Crippen LogP contribution in [0.3, 0.4) is 0 Å². The van der Waals surface area contributed by atoms with Crippen LogP contribution in [-0.2, 0) is 14.2 Å². The van der Waals surface area contributed by atoms with E-state index in [2.05, 4.69) is 6.92 Å². The van der Waals surface area contributed by atoms with E-state index in [0.29, 0.717) is 26.4 Å². The molecule has 0 unspecified atom stereocenters. The first-order valence-electron chi connectivity index (χ1n) is 10.1. The molecule has 0 atom stereocenters. The minimum absolute atomic E-state index is 0.00124. The summed E-state index contributed by atoms with van der Waals surface area (Å²) in [5, 5.41) is 0. The lowest BCUT2D eigenvalue weighted by Gasteiger charge is -2.55. The fourth-order valence-corrected chi connectivity index (χ4v) is 4.62. The van der Waals surface area contributed by atoms with Crippen molar-refractivity contribution < 1.29 is 32.1 Å². The van der Waals surface area contributed by atoms with Crippen LogP contribution in [0.15, 0.2) is 12.1 Å². The molecule has 7 heteroatoms. The summed E-state index contributed by atoms with van der Waals surface area (Å²) >= 11 is 0. The number of fused-ring (bicyclic) bond motifs is 3. The molecule has 3 heterocycles. The van der Waals surface area contributed by atoms with Gasteiger partial charge in [0.25, 0.3) is 5.97 Å². The predicted octanol–water partition coefficient (Wildman–Crippen LogP) is 4.81. The van der Waals surface area contributed by atoms with Crippen molar-refractivity contribution in [1.82, 2.24) is 0 Å². The minimum atomic E-state index is -1.48. The molecule has 1 aromatic rings. The zero-order valence-corrected chi connectivity index (χ0v) is 16.1. The van der Waals surface area contributed by atoms with Crippen LogP contribution in [0.5, 0.6) is 5.75 Å². The van der Waals surface area contributed by atoms with Gasteiger partial charge in [-0.1, -0.05) is 13.3 Å². The maximum atomic E-state index is 13.3. The lowest BCUT2D eigenvalue weighted by atomic mass is 9.78. The molecule has 156 valence electrons. The topological polar surface area (TPSA) is 36.9 Å². The average Bonchev–Trinajstić information content (AvgIpc) is 2.72. The van der Waals surface area contributed by atoms with E-state index in [4.69, 9.17) is 18.9 Å². The quantitative estimate of drug-likeness (QED) is 0.643. The van der Waals surface area contributed by atoms with Crippen LogP contribution in [0.25, 0.3) is 0 Å². The highest BCUT2D eigenvalue weighted by molar-refractivity contribution is 5.25. The Balaban J connectivity index is 1.28. The van der Waals surface area contributed by atoms with Gasteiger partial charge in [0.05, 0.1) is 26.4 Å². The molecule has 4 fully saturated rings. The second-order valence-corrected chi connectivity index (χ2v) is 8.45. The number of benzene rings is 1. The molecule has 4 nitrogen and oxygen atoms in total. The normalized spacial score (nSPS) is 35.1. The first kappa shape index (κ1) is 20.0. The molecule has 5 rings (SSSR count). The van der Waals surface area contributed by atoms with Crippen molar-refractivity contribution in [1.29, 1.82) is 0 Å². The van der Waals surface area contributed by atoms with E-state index in [1.54, 1.807) is 0 Å². The van der Waals surface area contributed by atoms with Gasteiger partial charge in [-0.05, 0) is 38.0 Å². The zero-order valence-electron chi connectivity index (χ0n) is 16.1. The average molecular weight is 400 g/mol. The van der Waals surface area contributed by atoms with E-state index in [1.807, 2.05) is 0 Å². The van der Waals surface area contributed by atoms with Crippen LogP contribution in [0.1, 0.15) is 45.4 Å². The molecule has 3 aliphatic heterocycles. The first-order chi connectivity index (χ1) is 13.5. The Kier molecular flexibility index (Phi) is 5.60. The van der Waals surface area contributed by atoms with Crippen LogP contribution in [0, 0.1) is 34.7 Å². The van der Waals surface area contributed by atoms with Crippen LogP contribution >= 0.6 is 0 Å². The van der Waals surface area contributed by atoms with Gasteiger partial charge in [-0.15, -0.1) is 0 Å². The summed E-state index contributed by atoms with van der Waals surface area (Å²) in [5.74, 6) is -4.42. The maximum Gasteiger partial charge on any atom is 0.285 e. The predicted molar refractivity (Wildman–Crippen MR) is 95.2 cm³/mol. The van der Waals surface area contributed by atoms with Gasteiger partial charge in [-0.25, -0.2) is 13.2 Å². The second kappa shape index (κ2) is 7.84. The summed E-state index contributed by atoms with van der Waals surface area (Å²) in [5.41, 5.74) is 0.00124. The molecule has 3 saturated heterocycles. The molecule has 1 aromatic carbocycles. The molecule has 1 saturated carbocycles. The zero-order chi connectivity index (χ0) is 19.8. The summed E-state index contributed by atoms with van der Waals surface area (Å²) in [4.78, 5) is 0. The number of halogens is 3. The van der Waals surface area contributed by atoms with E-state index in [9.17, 15) is 13.2 Å². The summed E-state index contributed by atoms with van der Waals surface area (Å²) in [7, 11) is 0. The van der Waals surface area contributed by atoms with Gasteiger partial charge in [-0.2, -0.15) is 0 Å². The van der Waals surface area contributed by atoms with Crippen molar-refractivity contribution in [2.24, 2.45) is 17.3 Å². The fourth-order valence-electron chi connectivity index (χ4n) is 4.62. The van der Waals surface area contributed by atoms with Gasteiger partial charge in [0.1, 0.15) is 5.75 Å². The second-order valence-electron chi connectivity index (χ2n) is 8.45. The van der Waals surface area contributed by atoms with Crippen molar-refractivity contribution in [2.75, 3.05) is 26.4 Å². The molecular formula is C21H27F3O4. The van der Waals surface area contributed by atoms with E-state index >= 15 is 0 Å². The molecule has 28 heavy (non-hydrogen) atoms. The Hall–Kier alpha value is -1.31. The fraction of sp³-hybridized carbons (Fsp3) is 0.714. The lowest BCUT2D eigenvalue weighted by molar-refractivity contribution is -0.488. The standard InChI is InChI=1S/C21H27F3O4/c1-2-7-20-11-26-21(27-12-20,28-13-20)15-5-3-14(4-6-15)10-25-16-8-17(22)19(24)18(23)9-16/h8-9,14-15H,2-7,10-13H2,1H3. The summed E-state index contributed by atoms with van der Waals surface area (Å²) in [6.45, 7) is 4.55. The third-order valence-electron chi connectivity index (χ3n) is 6.31. The summed E-state index contributed by atoms with van der Waals surface area (Å²) in [6, 6.07) is 1.76. The van der Waals surface area contributed by atoms with Crippen LogP contribution in [0.4, 0.5) is 13.2 Å². The molecule has 0 N–H and O–H groups in total. The Bertz CT molecular complexity index is 655. The maximum absolute atomic E-state index is 13.3. The van der Waals surface area contributed by atoms with Crippen LogP contribution < -0.4 is 4.74 Å². The van der Waals surface area contributed by atoms with Crippen molar-refractivity contribution in [3.05, 3.63) is 29.6 Å². The molecule has 0 spiro atoms. The van der Waals surface area contributed by atoms with Crippen molar-refractivity contribution in [3.8, 4) is 5.75 Å². The number of rotatable bonds is 6. The molecule has 1 aliphatic carbocycles. The van der Waals surface area contributed by atoms with Gasteiger partial charge in [-0.3, -0.25) is 0 Å². The SMILES string of the molecule is CCCC12COC(C3CCC(COc4cc(F)c(F)c(F)c4)CC3)(OC1)OC2. The van der Waals surface area contributed by atoms with Gasteiger partial charge < -0.3 is 18.9 Å². The van der Waals surface area contributed by atoms with E-state index in [-0.39, 0.29) is 23.0 Å². The highest BCUT2D eigenvalue weighted by atomic mass is 19.2. The van der Waals surface area contributed by atoms with Crippen molar-refractivity contribution in [2.45, 2.75) is 51.4 Å². The Morgan fingerprint density at radius 1 is 0.964 bits per heavy atom. The van der Waals surface area contributed by atoms with E-state index < -0.39 is 23.4 Å². The minimum Gasteiger partial charge on any atom is -0.493 e. The largest absolute Gasteiger partial charge is 0.493 e. The number of hydrogen-bond acceptors (Lipinski definition) is 4. The highest BCUT2D eigenvalue weighted by Gasteiger charge is 2.56. The van der Waals surface area contributed by atoms with Gasteiger partial charge in [0, 0.05) is 23.5 Å². The smallest absolute Gasteiger partial charge is 0.285 e. The van der Waals surface area contributed by atoms with Crippen LogP contribution in [-0.4, -0.2) is 32.4 Å². The molecular weight excluding hydrogens is 373 g/mol. The van der Waals surface area contributed by atoms with Crippen molar-refractivity contribution >= 4 is 0 Å². The lowest BCUT2D eigenvalue weighted by Crippen LogP contribution is -2.63. The first-order valence-corrected chi connectivity index (χ1v) is 10.1. The van der Waals surface area contributed by atoms with E-state index in [1.165, 1.54) is 0 Å². The Labute approximate surface area is 163 Å². The Morgan fingerprint density at radius 3 is 2.07 bits per heavy atom. The van der Waals surface area contributed by atoms with Crippen molar-refractivity contribution in [3.63, 3.8) is 0 Å². The van der Waals surface area contributed by atoms with Gasteiger partial charge in [0.2, 0.25) is 0 Å². The molecule has 4 aliphatic rings. The monoisotopic (exact) mass is 400 g/mol. The Morgan fingerprint density at radius 2 is 1.54 bits per heavy atom. The molecule has 0 radical (unpaired) electrons. The van der Waals surface area contributed by atoms with Gasteiger partial charge in [0.15, 0.2) is 17.5 Å². The third kappa shape index (κ3) is 3.76. The van der Waals surface area contributed by atoms with E-state index in [0.717, 1.165) is 50.7 Å². The molecule has 2 bridgehead atoms. The molecule has 0 amide bonds. The third-order valence-corrected chi connectivity index (χ3v) is 6.31. The summed E-state index contributed by atoms with van der Waals surface area (Å²) in [6.07, 6.45) is 5.64. The van der Waals surface area contributed by atoms with Crippen LogP contribution in [0.2, 0.25) is 0 Å². The highest BCUT2D eigenvalue weighted by Crippen LogP contribution is 2.48. The molecule has 0 aromatic heterocycles.